The van der Waals surface area contributed by atoms with E-state index in [9.17, 15) is 9.59 Å². The number of urea groups is 1. The minimum absolute atomic E-state index is 0.00197. The van der Waals surface area contributed by atoms with Gasteiger partial charge in [0.05, 0.1) is 11.6 Å². The van der Waals surface area contributed by atoms with Gasteiger partial charge in [-0.15, -0.1) is 0 Å². The van der Waals surface area contributed by atoms with Crippen LogP contribution in [0.3, 0.4) is 0 Å². The zero-order valence-corrected chi connectivity index (χ0v) is 11.7. The van der Waals surface area contributed by atoms with Gasteiger partial charge in [-0.2, -0.15) is 0 Å². The summed E-state index contributed by atoms with van der Waals surface area (Å²) in [5.74, 6) is 0.0630. The molecule has 6 heteroatoms. The highest BCUT2D eigenvalue weighted by molar-refractivity contribution is 5.95. The molecule has 0 saturated carbocycles. The van der Waals surface area contributed by atoms with Crippen LogP contribution >= 0.6 is 0 Å². The van der Waals surface area contributed by atoms with Crippen LogP contribution in [0, 0.1) is 6.92 Å². The maximum absolute atomic E-state index is 12.5. The van der Waals surface area contributed by atoms with Crippen molar-refractivity contribution in [1.29, 1.82) is 0 Å². The van der Waals surface area contributed by atoms with Gasteiger partial charge in [0.2, 0.25) is 0 Å². The Morgan fingerprint density at radius 1 is 1.40 bits per heavy atom. The monoisotopic (exact) mass is 276 g/mol. The first-order valence-electron chi connectivity index (χ1n) is 7.14. The summed E-state index contributed by atoms with van der Waals surface area (Å²) in [5.41, 5.74) is 1.63. The van der Waals surface area contributed by atoms with Crippen molar-refractivity contribution < 1.29 is 9.59 Å². The second-order valence-electron chi connectivity index (χ2n) is 5.49. The maximum Gasteiger partial charge on any atom is 0.317 e. The predicted molar refractivity (Wildman–Crippen MR) is 74.6 cm³/mol. The van der Waals surface area contributed by atoms with Crippen LogP contribution in [0.25, 0.3) is 0 Å². The minimum atomic E-state index is 0.00197. The molecule has 6 nitrogen and oxygen atoms in total. The molecule has 1 atom stereocenters. The number of likely N-dealkylation sites (tertiary alicyclic amines) is 1. The molecule has 3 amide bonds. The Bertz CT molecular complexity index is 525. The average molecular weight is 276 g/mol. The van der Waals surface area contributed by atoms with E-state index in [4.69, 9.17) is 0 Å². The van der Waals surface area contributed by atoms with Crippen molar-refractivity contribution in [1.82, 2.24) is 20.1 Å². The van der Waals surface area contributed by atoms with Crippen LogP contribution in [0.4, 0.5) is 4.79 Å². The fraction of sp³-hybridized carbons (Fsp3) is 0.571. The van der Waals surface area contributed by atoms with E-state index in [-0.39, 0.29) is 18.0 Å². The molecule has 0 aliphatic carbocycles. The average Bonchev–Trinajstić information content (AvgIpc) is 3.07. The molecule has 3 heterocycles. The summed E-state index contributed by atoms with van der Waals surface area (Å²) in [4.78, 5) is 31.0. The molecule has 1 unspecified atom stereocenters. The van der Waals surface area contributed by atoms with E-state index in [2.05, 4.69) is 10.3 Å². The Balaban J connectivity index is 1.70. The van der Waals surface area contributed by atoms with Gasteiger partial charge in [-0.3, -0.25) is 4.79 Å². The van der Waals surface area contributed by atoms with Crippen LogP contribution in [0.1, 0.15) is 28.9 Å². The molecule has 1 aromatic heterocycles. The molecule has 2 aliphatic rings. The minimum Gasteiger partial charge on any atom is -0.365 e. The lowest BCUT2D eigenvalue weighted by Crippen LogP contribution is -2.50. The van der Waals surface area contributed by atoms with Crippen molar-refractivity contribution in [3.05, 3.63) is 23.5 Å². The molecule has 20 heavy (non-hydrogen) atoms. The number of rotatable bonds is 2. The van der Waals surface area contributed by atoms with Gasteiger partial charge < -0.3 is 20.1 Å². The molecule has 1 aromatic rings. The largest absolute Gasteiger partial charge is 0.365 e. The number of H-pyrrole nitrogens is 1. The lowest BCUT2D eigenvalue weighted by atomic mass is 10.0. The predicted octanol–water partition coefficient (Wildman–Crippen LogP) is 0.953. The number of piperidine rings is 1. The Kier molecular flexibility index (Phi) is 3.38. The van der Waals surface area contributed by atoms with Gasteiger partial charge in [0.1, 0.15) is 0 Å². The van der Waals surface area contributed by atoms with Crippen LogP contribution in [-0.2, 0) is 0 Å². The first-order chi connectivity index (χ1) is 9.66. The third-order valence-corrected chi connectivity index (χ3v) is 4.20. The van der Waals surface area contributed by atoms with Gasteiger partial charge in [0.15, 0.2) is 0 Å². The highest BCUT2D eigenvalue weighted by Gasteiger charge is 2.33. The van der Waals surface area contributed by atoms with Crippen LogP contribution in [0.15, 0.2) is 12.3 Å². The lowest BCUT2D eigenvalue weighted by Gasteiger charge is -2.37. The van der Waals surface area contributed by atoms with E-state index < -0.39 is 0 Å². The fourth-order valence-electron chi connectivity index (χ4n) is 3.08. The molecule has 2 fully saturated rings. The number of carbonyl (C=O) groups is 2. The molecular formula is C14H20N4O2. The van der Waals surface area contributed by atoms with E-state index in [1.165, 1.54) is 0 Å². The third kappa shape index (κ3) is 2.26. The van der Waals surface area contributed by atoms with Crippen molar-refractivity contribution in [2.45, 2.75) is 25.8 Å². The number of nitrogens with zero attached hydrogens (tertiary/aromatic N) is 2. The SMILES string of the molecule is Cc1[nH]ccc1C(=O)N1CCCC(N2CCNC2=O)C1. The van der Waals surface area contributed by atoms with Crippen molar-refractivity contribution >= 4 is 11.9 Å². The van der Waals surface area contributed by atoms with Gasteiger partial charge in [0, 0.05) is 38.1 Å². The number of amides is 3. The number of hydrogen-bond donors (Lipinski definition) is 2. The fourth-order valence-corrected chi connectivity index (χ4v) is 3.08. The quantitative estimate of drug-likeness (QED) is 0.844. The van der Waals surface area contributed by atoms with Crippen molar-refractivity contribution in [2.75, 3.05) is 26.2 Å². The number of hydrogen-bond acceptors (Lipinski definition) is 2. The molecule has 3 rings (SSSR count). The Morgan fingerprint density at radius 2 is 2.25 bits per heavy atom. The van der Waals surface area contributed by atoms with Crippen LogP contribution in [-0.4, -0.2) is 58.9 Å². The lowest BCUT2D eigenvalue weighted by molar-refractivity contribution is 0.0634. The Labute approximate surface area is 118 Å². The van der Waals surface area contributed by atoms with E-state index in [0.717, 1.165) is 37.2 Å². The van der Waals surface area contributed by atoms with Crippen molar-refractivity contribution in [2.24, 2.45) is 0 Å². The van der Waals surface area contributed by atoms with Gasteiger partial charge in [0.25, 0.3) is 5.91 Å². The second kappa shape index (κ2) is 5.19. The molecule has 108 valence electrons. The zero-order chi connectivity index (χ0) is 14.1. The number of aromatic amines is 1. The molecule has 2 N–H and O–H groups in total. The highest BCUT2D eigenvalue weighted by atomic mass is 16.2. The van der Waals surface area contributed by atoms with E-state index >= 15 is 0 Å². The topological polar surface area (TPSA) is 68.4 Å². The van der Waals surface area contributed by atoms with Gasteiger partial charge in [-0.1, -0.05) is 0 Å². The smallest absolute Gasteiger partial charge is 0.317 e. The molecule has 0 bridgehead atoms. The van der Waals surface area contributed by atoms with E-state index in [0.29, 0.717) is 13.1 Å². The van der Waals surface area contributed by atoms with Gasteiger partial charge >= 0.3 is 6.03 Å². The molecule has 0 spiro atoms. The molecule has 0 radical (unpaired) electrons. The van der Waals surface area contributed by atoms with Crippen LogP contribution in [0.5, 0.6) is 0 Å². The second-order valence-corrected chi connectivity index (χ2v) is 5.49. The van der Waals surface area contributed by atoms with E-state index in [1.807, 2.05) is 22.8 Å². The number of carbonyl (C=O) groups excluding carboxylic acids is 2. The summed E-state index contributed by atoms with van der Waals surface area (Å²) in [6.07, 6.45) is 3.71. The van der Waals surface area contributed by atoms with Gasteiger partial charge in [-0.05, 0) is 25.8 Å². The number of nitrogens with one attached hydrogen (secondary N) is 2. The van der Waals surface area contributed by atoms with E-state index in [1.54, 1.807) is 6.20 Å². The third-order valence-electron chi connectivity index (χ3n) is 4.20. The molecule has 0 aromatic carbocycles. The molecular weight excluding hydrogens is 256 g/mol. The summed E-state index contributed by atoms with van der Waals surface area (Å²) in [6.45, 7) is 4.77. The zero-order valence-electron chi connectivity index (χ0n) is 11.7. The number of aromatic nitrogens is 1. The summed E-state index contributed by atoms with van der Waals surface area (Å²) in [6, 6.07) is 1.97. The summed E-state index contributed by atoms with van der Waals surface area (Å²) in [5, 5.41) is 2.83. The normalized spacial score (nSPS) is 23.1. The Morgan fingerprint density at radius 3 is 2.90 bits per heavy atom. The summed E-state index contributed by atoms with van der Waals surface area (Å²) >= 11 is 0. The van der Waals surface area contributed by atoms with Crippen LogP contribution in [0.2, 0.25) is 0 Å². The first kappa shape index (κ1) is 13.0. The molecule has 2 saturated heterocycles. The number of aryl methyl sites for hydroxylation is 1. The summed E-state index contributed by atoms with van der Waals surface area (Å²) in [7, 11) is 0. The maximum atomic E-state index is 12.5. The first-order valence-corrected chi connectivity index (χ1v) is 7.14. The summed E-state index contributed by atoms with van der Waals surface area (Å²) < 4.78 is 0. The van der Waals surface area contributed by atoms with Crippen molar-refractivity contribution in [3.8, 4) is 0 Å². The standard InChI is InChI=1S/C14H20N4O2/c1-10-12(4-5-15-10)13(19)17-7-2-3-11(9-17)18-8-6-16-14(18)20/h4-5,11,15H,2-3,6-9H2,1H3,(H,16,20). The molecule has 2 aliphatic heterocycles. The van der Waals surface area contributed by atoms with Crippen molar-refractivity contribution in [3.63, 3.8) is 0 Å². The Hall–Kier alpha value is -1.98. The van der Waals surface area contributed by atoms with Gasteiger partial charge in [-0.25, -0.2) is 4.79 Å². The van der Waals surface area contributed by atoms with Crippen LogP contribution < -0.4 is 5.32 Å². The highest BCUT2D eigenvalue weighted by Crippen LogP contribution is 2.20.